The fraction of sp³-hybridized carbons (Fsp3) is 0.458. The molecule has 29 heavy (non-hydrogen) atoms. The van der Waals surface area contributed by atoms with Crippen LogP contribution in [0.2, 0.25) is 0 Å². The molecule has 1 fully saturated rings. The van der Waals surface area contributed by atoms with Gasteiger partial charge in [0.25, 0.3) is 11.5 Å². The highest BCUT2D eigenvalue weighted by Gasteiger charge is 2.42. The summed E-state index contributed by atoms with van der Waals surface area (Å²) in [6.07, 6.45) is 4.15. The molecule has 1 aliphatic carbocycles. The van der Waals surface area contributed by atoms with Crippen molar-refractivity contribution in [2.24, 2.45) is 5.92 Å². The molecular weight excluding hydrogens is 364 g/mol. The summed E-state index contributed by atoms with van der Waals surface area (Å²) in [6.45, 7) is 3.46. The standard InChI is InChI=1S/C24H26N2O3/c1-2-5-20-15-12-16(21-8-4-9-23(28)26(20)21)14-25(13-15)24(29)19-7-3-6-18-17(19)10-11-22(18)27/h3-4,6-9,15-16,20H,2,5,10-14H2,1H3/t15-,16+,20-/m0/s1. The van der Waals surface area contributed by atoms with Crippen molar-refractivity contribution in [2.75, 3.05) is 13.1 Å². The first-order valence-electron chi connectivity index (χ1n) is 10.7. The quantitative estimate of drug-likeness (QED) is 0.805. The second kappa shape index (κ2) is 6.97. The van der Waals surface area contributed by atoms with Crippen LogP contribution in [0.5, 0.6) is 0 Å². The van der Waals surface area contributed by atoms with Gasteiger partial charge in [0, 0.05) is 54.4 Å². The van der Waals surface area contributed by atoms with Crippen molar-refractivity contribution in [1.82, 2.24) is 9.47 Å². The Morgan fingerprint density at radius 1 is 1.07 bits per heavy atom. The molecule has 2 bridgehead atoms. The van der Waals surface area contributed by atoms with Crippen molar-refractivity contribution in [3.63, 3.8) is 0 Å². The van der Waals surface area contributed by atoms with Crippen molar-refractivity contribution >= 4 is 11.7 Å². The van der Waals surface area contributed by atoms with E-state index >= 15 is 0 Å². The molecule has 3 heterocycles. The molecule has 150 valence electrons. The summed E-state index contributed by atoms with van der Waals surface area (Å²) in [4.78, 5) is 40.2. The summed E-state index contributed by atoms with van der Waals surface area (Å²) in [7, 11) is 0. The van der Waals surface area contributed by atoms with Gasteiger partial charge in [-0.15, -0.1) is 0 Å². The number of carbonyl (C=O) groups excluding carboxylic acids is 2. The topological polar surface area (TPSA) is 59.4 Å². The van der Waals surface area contributed by atoms with E-state index in [2.05, 4.69) is 13.0 Å². The summed E-state index contributed by atoms with van der Waals surface area (Å²) in [5.74, 6) is 0.663. The number of carbonyl (C=O) groups is 2. The molecule has 2 aromatic rings. The normalized spacial score (nSPS) is 24.9. The number of Topliss-reactive ketones (excluding diaryl/α,β-unsaturated/α-hetero) is 1. The molecule has 0 saturated carbocycles. The zero-order valence-corrected chi connectivity index (χ0v) is 16.8. The monoisotopic (exact) mass is 390 g/mol. The van der Waals surface area contributed by atoms with Gasteiger partial charge in [0.1, 0.15) is 0 Å². The third-order valence-corrected chi connectivity index (χ3v) is 6.98. The predicted octanol–water partition coefficient (Wildman–Crippen LogP) is 3.58. The minimum absolute atomic E-state index is 0.0354. The van der Waals surface area contributed by atoms with E-state index in [9.17, 15) is 14.4 Å². The number of ketones is 1. The maximum absolute atomic E-state index is 13.5. The van der Waals surface area contributed by atoms with Gasteiger partial charge < -0.3 is 9.47 Å². The number of aromatic nitrogens is 1. The second-order valence-electron chi connectivity index (χ2n) is 8.67. The number of nitrogens with zero attached hydrogens (tertiary/aromatic N) is 2. The molecule has 3 atom stereocenters. The molecule has 0 N–H and O–H groups in total. The highest BCUT2D eigenvalue weighted by Crippen LogP contribution is 2.43. The molecule has 1 amide bonds. The Kier molecular flexibility index (Phi) is 4.41. The molecule has 0 spiro atoms. The lowest BCUT2D eigenvalue weighted by Gasteiger charge is -2.47. The molecule has 1 aromatic carbocycles. The Hall–Kier alpha value is -2.69. The van der Waals surface area contributed by atoms with Gasteiger partial charge in [-0.3, -0.25) is 14.4 Å². The van der Waals surface area contributed by atoms with Crippen LogP contribution in [-0.4, -0.2) is 34.2 Å². The third-order valence-electron chi connectivity index (χ3n) is 6.98. The van der Waals surface area contributed by atoms with Crippen LogP contribution in [0.25, 0.3) is 0 Å². The lowest BCUT2D eigenvalue weighted by atomic mass is 9.77. The first-order valence-corrected chi connectivity index (χ1v) is 10.7. The molecule has 0 radical (unpaired) electrons. The molecule has 5 nitrogen and oxygen atoms in total. The van der Waals surface area contributed by atoms with Gasteiger partial charge in [0.15, 0.2) is 5.78 Å². The maximum Gasteiger partial charge on any atom is 0.254 e. The Bertz CT molecular complexity index is 1050. The average molecular weight is 390 g/mol. The SMILES string of the molecule is CCC[C@H]1[C@H]2C[C@H](CN(C(=O)c3cccc4c3CCC4=O)C2)c2cccc(=O)n21. The first-order chi connectivity index (χ1) is 14.1. The molecule has 5 heteroatoms. The number of amides is 1. The van der Waals surface area contributed by atoms with Crippen LogP contribution in [0.3, 0.4) is 0 Å². The van der Waals surface area contributed by atoms with E-state index < -0.39 is 0 Å². The van der Waals surface area contributed by atoms with Gasteiger partial charge in [-0.1, -0.05) is 31.5 Å². The number of benzene rings is 1. The molecule has 1 saturated heterocycles. The van der Waals surface area contributed by atoms with E-state index in [-0.39, 0.29) is 29.2 Å². The number of hydrogen-bond acceptors (Lipinski definition) is 3. The number of pyridine rings is 1. The van der Waals surface area contributed by atoms with Crippen molar-refractivity contribution in [1.29, 1.82) is 0 Å². The van der Waals surface area contributed by atoms with Gasteiger partial charge in [0.2, 0.25) is 0 Å². The predicted molar refractivity (Wildman–Crippen MR) is 110 cm³/mol. The van der Waals surface area contributed by atoms with Crippen LogP contribution in [0.4, 0.5) is 0 Å². The highest BCUT2D eigenvalue weighted by molar-refractivity contribution is 6.05. The number of piperidine rings is 1. The van der Waals surface area contributed by atoms with Gasteiger partial charge in [-0.2, -0.15) is 0 Å². The molecule has 2 aliphatic heterocycles. The van der Waals surface area contributed by atoms with Gasteiger partial charge in [0.05, 0.1) is 0 Å². The van der Waals surface area contributed by atoms with Crippen LogP contribution < -0.4 is 5.56 Å². The molecule has 5 rings (SSSR count). The number of fused-ring (bicyclic) bond motifs is 5. The lowest BCUT2D eigenvalue weighted by Crippen LogP contribution is -2.51. The Balaban J connectivity index is 1.51. The largest absolute Gasteiger partial charge is 0.338 e. The smallest absolute Gasteiger partial charge is 0.254 e. The van der Waals surface area contributed by atoms with Crippen molar-refractivity contribution < 1.29 is 9.59 Å². The molecular formula is C24H26N2O3. The summed E-state index contributed by atoms with van der Waals surface area (Å²) in [5, 5.41) is 0. The minimum atomic E-state index is 0.0354. The first kappa shape index (κ1) is 18.3. The number of rotatable bonds is 3. The fourth-order valence-electron chi connectivity index (χ4n) is 5.73. The van der Waals surface area contributed by atoms with E-state index in [1.165, 1.54) is 0 Å². The Labute approximate surface area is 170 Å². The maximum atomic E-state index is 13.5. The summed E-state index contributed by atoms with van der Waals surface area (Å²) in [5.41, 5.74) is 3.47. The van der Waals surface area contributed by atoms with Crippen LogP contribution in [0, 0.1) is 5.92 Å². The van der Waals surface area contributed by atoms with Crippen molar-refractivity contribution in [3.05, 3.63) is 69.1 Å². The van der Waals surface area contributed by atoms with Crippen LogP contribution in [0.1, 0.15) is 76.5 Å². The summed E-state index contributed by atoms with van der Waals surface area (Å²) in [6, 6.07) is 11.2. The second-order valence-corrected chi connectivity index (χ2v) is 8.67. The van der Waals surface area contributed by atoms with Crippen molar-refractivity contribution in [3.8, 4) is 0 Å². The van der Waals surface area contributed by atoms with Gasteiger partial charge >= 0.3 is 0 Å². The van der Waals surface area contributed by atoms with E-state index in [1.807, 2.05) is 33.7 Å². The molecule has 3 aliphatic rings. The summed E-state index contributed by atoms with van der Waals surface area (Å²) >= 11 is 0. The van der Waals surface area contributed by atoms with Gasteiger partial charge in [-0.05, 0) is 42.9 Å². The number of likely N-dealkylation sites (tertiary alicyclic amines) is 1. The number of hydrogen-bond donors (Lipinski definition) is 0. The van der Waals surface area contributed by atoms with Crippen LogP contribution in [-0.2, 0) is 6.42 Å². The van der Waals surface area contributed by atoms with E-state index in [0.29, 0.717) is 43.0 Å². The lowest BCUT2D eigenvalue weighted by molar-refractivity contribution is 0.0518. The minimum Gasteiger partial charge on any atom is -0.338 e. The molecule has 1 aromatic heterocycles. The Morgan fingerprint density at radius 3 is 2.72 bits per heavy atom. The highest BCUT2D eigenvalue weighted by atomic mass is 16.2. The fourth-order valence-corrected chi connectivity index (χ4v) is 5.73. The Morgan fingerprint density at radius 2 is 1.90 bits per heavy atom. The van der Waals surface area contributed by atoms with E-state index in [1.54, 1.807) is 6.07 Å². The summed E-state index contributed by atoms with van der Waals surface area (Å²) < 4.78 is 2.00. The zero-order chi connectivity index (χ0) is 20.1. The zero-order valence-electron chi connectivity index (χ0n) is 16.8. The van der Waals surface area contributed by atoms with E-state index in [4.69, 9.17) is 0 Å². The van der Waals surface area contributed by atoms with Gasteiger partial charge in [-0.25, -0.2) is 0 Å². The van der Waals surface area contributed by atoms with Crippen LogP contribution in [0.15, 0.2) is 41.2 Å². The third kappa shape index (κ3) is 2.86. The van der Waals surface area contributed by atoms with Crippen molar-refractivity contribution in [2.45, 2.75) is 51.0 Å². The molecule has 0 unspecified atom stereocenters. The average Bonchev–Trinajstić information content (AvgIpc) is 3.12. The van der Waals surface area contributed by atoms with E-state index in [0.717, 1.165) is 30.5 Å². The van der Waals surface area contributed by atoms with Crippen LogP contribution >= 0.6 is 0 Å².